The van der Waals surface area contributed by atoms with Gasteiger partial charge in [0.05, 0.1) is 0 Å². The number of piperazine rings is 1. The largest absolute Gasteiger partial charge is 0.490 e. The number of hydrogen-bond donors (Lipinski definition) is 0. The number of aromatic nitrogens is 1. The Bertz CT molecular complexity index is 1180. The number of ether oxygens (including phenoxy) is 1. The summed E-state index contributed by atoms with van der Waals surface area (Å²) in [5.41, 5.74) is 4.80. The summed E-state index contributed by atoms with van der Waals surface area (Å²) in [6.07, 6.45) is 4.98. The van der Waals surface area contributed by atoms with Crippen molar-refractivity contribution < 1.29 is 14.3 Å². The molecule has 0 spiro atoms. The number of rotatable bonds is 4. The van der Waals surface area contributed by atoms with Crippen LogP contribution in [-0.4, -0.2) is 58.9 Å². The van der Waals surface area contributed by atoms with Crippen LogP contribution in [0.5, 0.6) is 5.75 Å². The minimum atomic E-state index is -0.524. The van der Waals surface area contributed by atoms with E-state index in [1.807, 2.05) is 67.7 Å². The van der Waals surface area contributed by atoms with Crippen LogP contribution < -0.4 is 4.74 Å². The summed E-state index contributed by atoms with van der Waals surface area (Å²) in [4.78, 5) is 34.2. The molecule has 0 aliphatic carbocycles. The average molecular weight is 442 g/mol. The first kappa shape index (κ1) is 21.2. The van der Waals surface area contributed by atoms with Crippen molar-refractivity contribution in [3.63, 3.8) is 0 Å². The van der Waals surface area contributed by atoms with Crippen LogP contribution in [0.1, 0.15) is 28.4 Å². The number of fused-ring (bicyclic) bond motifs is 1. The third kappa shape index (κ3) is 4.21. The van der Waals surface area contributed by atoms with E-state index >= 15 is 0 Å². The van der Waals surface area contributed by atoms with Crippen LogP contribution >= 0.6 is 0 Å². The zero-order valence-corrected chi connectivity index (χ0v) is 18.9. The Morgan fingerprint density at radius 3 is 2.67 bits per heavy atom. The molecule has 2 aromatic carbocycles. The van der Waals surface area contributed by atoms with Gasteiger partial charge in [0.25, 0.3) is 5.91 Å². The maximum Gasteiger partial charge on any atom is 0.254 e. The van der Waals surface area contributed by atoms with Crippen molar-refractivity contribution in [2.75, 3.05) is 20.1 Å². The quantitative estimate of drug-likeness (QED) is 0.621. The second-order valence-corrected chi connectivity index (χ2v) is 8.87. The first-order chi connectivity index (χ1) is 16.0. The predicted molar refractivity (Wildman–Crippen MR) is 126 cm³/mol. The second-order valence-electron chi connectivity index (χ2n) is 8.87. The first-order valence-electron chi connectivity index (χ1n) is 11.3. The van der Waals surface area contributed by atoms with E-state index in [9.17, 15) is 9.59 Å². The molecule has 1 saturated heterocycles. The summed E-state index contributed by atoms with van der Waals surface area (Å²) in [5, 5.41) is 0. The molecule has 2 atom stereocenters. The van der Waals surface area contributed by atoms with Gasteiger partial charge in [0.1, 0.15) is 17.9 Å². The Labute approximate surface area is 193 Å². The fourth-order valence-corrected chi connectivity index (χ4v) is 4.66. The minimum Gasteiger partial charge on any atom is -0.490 e. The lowest BCUT2D eigenvalue weighted by molar-refractivity contribution is -0.138. The number of likely N-dealkylation sites (N-methyl/N-ethyl adjacent to an activating group) is 1. The lowest BCUT2D eigenvalue weighted by atomic mass is 9.97. The van der Waals surface area contributed by atoms with Gasteiger partial charge in [-0.25, -0.2) is 0 Å². The van der Waals surface area contributed by atoms with Crippen LogP contribution in [0, 0.1) is 0 Å². The molecule has 0 radical (unpaired) electrons. The number of amides is 2. The highest BCUT2D eigenvalue weighted by Gasteiger charge is 2.36. The zero-order chi connectivity index (χ0) is 22.9. The highest BCUT2D eigenvalue weighted by atomic mass is 16.5. The van der Waals surface area contributed by atoms with Crippen molar-refractivity contribution in [3.8, 4) is 16.9 Å². The topological polar surface area (TPSA) is 62.7 Å². The monoisotopic (exact) mass is 441 g/mol. The molecule has 3 heterocycles. The maximum atomic E-state index is 13.5. The first-order valence-corrected chi connectivity index (χ1v) is 11.3. The molecule has 0 N–H and O–H groups in total. The van der Waals surface area contributed by atoms with Crippen LogP contribution in [0.2, 0.25) is 0 Å². The number of pyridine rings is 1. The van der Waals surface area contributed by atoms with Gasteiger partial charge >= 0.3 is 0 Å². The molecule has 3 aromatic rings. The standard InChI is InChI=1S/C27H27N3O3/c1-18-14-23-16-21(9-10-25(23)33-18)26(31)30-13-12-29(2)27(32)24(30)15-19-5-7-20(8-6-19)22-4-3-11-28-17-22/h3-11,16-18,24H,12-15H2,1-2H3/t18-,24-/m1/s1. The molecular formula is C27H27N3O3. The minimum absolute atomic E-state index is 0.0240. The molecule has 1 aromatic heterocycles. The second kappa shape index (κ2) is 8.70. The van der Waals surface area contributed by atoms with E-state index in [1.165, 1.54) is 0 Å². The molecule has 1 fully saturated rings. The van der Waals surface area contributed by atoms with Gasteiger partial charge in [-0.1, -0.05) is 30.3 Å². The number of nitrogens with zero attached hydrogens (tertiary/aromatic N) is 3. The van der Waals surface area contributed by atoms with Crippen molar-refractivity contribution in [1.82, 2.24) is 14.8 Å². The van der Waals surface area contributed by atoms with E-state index in [0.29, 0.717) is 25.1 Å². The van der Waals surface area contributed by atoms with Gasteiger partial charge in [0.2, 0.25) is 5.91 Å². The Morgan fingerprint density at radius 2 is 1.91 bits per heavy atom. The molecule has 2 aliphatic heterocycles. The van der Waals surface area contributed by atoms with Crippen molar-refractivity contribution in [3.05, 3.63) is 83.7 Å². The fourth-order valence-electron chi connectivity index (χ4n) is 4.66. The van der Waals surface area contributed by atoms with E-state index in [1.54, 1.807) is 23.0 Å². The summed E-state index contributed by atoms with van der Waals surface area (Å²) in [6.45, 7) is 3.08. The normalized spacial score (nSPS) is 19.9. The highest BCUT2D eigenvalue weighted by molar-refractivity contribution is 5.98. The summed E-state index contributed by atoms with van der Waals surface area (Å²) in [6, 6.07) is 17.1. The average Bonchev–Trinajstić information content (AvgIpc) is 3.22. The molecular weight excluding hydrogens is 414 g/mol. The Balaban J connectivity index is 1.38. The summed E-state index contributed by atoms with van der Waals surface area (Å²) in [5.74, 6) is 0.721. The van der Waals surface area contributed by atoms with Gasteiger partial charge in [-0.2, -0.15) is 0 Å². The third-order valence-electron chi connectivity index (χ3n) is 6.50. The van der Waals surface area contributed by atoms with Crippen LogP contribution in [0.25, 0.3) is 11.1 Å². The highest BCUT2D eigenvalue weighted by Crippen LogP contribution is 2.30. The van der Waals surface area contributed by atoms with E-state index < -0.39 is 6.04 Å². The van der Waals surface area contributed by atoms with E-state index in [4.69, 9.17) is 4.74 Å². The molecule has 0 bridgehead atoms. The van der Waals surface area contributed by atoms with Gasteiger partial charge in [-0.15, -0.1) is 0 Å². The van der Waals surface area contributed by atoms with E-state index in [2.05, 4.69) is 4.98 Å². The van der Waals surface area contributed by atoms with Crippen molar-refractivity contribution >= 4 is 11.8 Å². The molecule has 6 heteroatoms. The molecule has 6 nitrogen and oxygen atoms in total. The smallest absolute Gasteiger partial charge is 0.254 e. The van der Waals surface area contributed by atoms with Crippen molar-refractivity contribution in [2.45, 2.75) is 31.9 Å². The fraction of sp³-hybridized carbons (Fsp3) is 0.296. The summed E-state index contributed by atoms with van der Waals surface area (Å²) < 4.78 is 5.77. The number of carbonyl (C=O) groups excluding carboxylic acids is 2. The van der Waals surface area contributed by atoms with Gasteiger partial charge < -0.3 is 14.5 Å². The van der Waals surface area contributed by atoms with Gasteiger partial charge in [-0.05, 0) is 53.4 Å². The Hall–Kier alpha value is -3.67. The molecule has 0 unspecified atom stereocenters. The van der Waals surface area contributed by atoms with Gasteiger partial charge in [-0.3, -0.25) is 14.6 Å². The maximum absolute atomic E-state index is 13.5. The van der Waals surface area contributed by atoms with E-state index in [-0.39, 0.29) is 17.9 Å². The predicted octanol–water partition coefficient (Wildman–Crippen LogP) is 3.60. The molecule has 0 saturated carbocycles. The summed E-state index contributed by atoms with van der Waals surface area (Å²) >= 11 is 0. The summed E-state index contributed by atoms with van der Waals surface area (Å²) in [7, 11) is 1.80. The van der Waals surface area contributed by atoms with Crippen LogP contribution in [0.15, 0.2) is 67.0 Å². The molecule has 168 valence electrons. The van der Waals surface area contributed by atoms with Crippen LogP contribution in [0.3, 0.4) is 0 Å². The number of carbonyl (C=O) groups is 2. The van der Waals surface area contributed by atoms with Crippen molar-refractivity contribution in [1.29, 1.82) is 0 Å². The number of benzene rings is 2. The zero-order valence-electron chi connectivity index (χ0n) is 18.9. The Morgan fingerprint density at radius 1 is 1.09 bits per heavy atom. The Kier molecular flexibility index (Phi) is 5.58. The molecule has 5 rings (SSSR count). The van der Waals surface area contributed by atoms with Crippen LogP contribution in [-0.2, 0) is 17.6 Å². The van der Waals surface area contributed by atoms with Gasteiger partial charge in [0.15, 0.2) is 0 Å². The molecule has 33 heavy (non-hydrogen) atoms. The van der Waals surface area contributed by atoms with Crippen LogP contribution in [0.4, 0.5) is 0 Å². The third-order valence-corrected chi connectivity index (χ3v) is 6.50. The molecule has 2 amide bonds. The number of hydrogen-bond acceptors (Lipinski definition) is 4. The lowest BCUT2D eigenvalue weighted by Crippen LogP contribution is -2.58. The van der Waals surface area contributed by atoms with Gasteiger partial charge in [0, 0.05) is 50.9 Å². The lowest BCUT2D eigenvalue weighted by Gasteiger charge is -2.39. The SMILES string of the molecule is C[C@@H]1Cc2cc(C(=O)N3CCN(C)C(=O)[C@H]3Cc3ccc(-c4cccnc4)cc3)ccc2O1. The molecule has 2 aliphatic rings. The van der Waals surface area contributed by atoms with E-state index in [0.717, 1.165) is 34.4 Å². The van der Waals surface area contributed by atoms with Crippen molar-refractivity contribution in [2.24, 2.45) is 0 Å².